The van der Waals surface area contributed by atoms with Crippen LogP contribution in [-0.4, -0.2) is 29.0 Å². The van der Waals surface area contributed by atoms with Crippen molar-refractivity contribution >= 4 is 17.2 Å². The second-order valence-corrected chi connectivity index (χ2v) is 5.03. The minimum Gasteiger partial charge on any atom is -0.409 e. The summed E-state index contributed by atoms with van der Waals surface area (Å²) in [6, 6.07) is 4.26. The van der Waals surface area contributed by atoms with Crippen LogP contribution in [0.5, 0.6) is 0 Å². The van der Waals surface area contributed by atoms with Crippen molar-refractivity contribution < 1.29 is 5.21 Å². The van der Waals surface area contributed by atoms with E-state index in [0.29, 0.717) is 12.3 Å². The van der Waals surface area contributed by atoms with Crippen LogP contribution in [-0.2, 0) is 6.54 Å². The van der Waals surface area contributed by atoms with Gasteiger partial charge in [-0.05, 0) is 37.4 Å². The fraction of sp³-hybridized carbons (Fsp3) is 0.583. The number of thiophene rings is 1. The smallest absolute Gasteiger partial charge is 0.139 e. The molecule has 0 amide bonds. The van der Waals surface area contributed by atoms with E-state index in [-0.39, 0.29) is 0 Å². The van der Waals surface area contributed by atoms with Crippen LogP contribution in [0.15, 0.2) is 22.7 Å². The molecule has 4 nitrogen and oxygen atoms in total. The van der Waals surface area contributed by atoms with E-state index in [1.165, 1.54) is 4.88 Å². The molecule has 0 aliphatic carbocycles. The summed E-state index contributed by atoms with van der Waals surface area (Å²) >= 11 is 1.80. The lowest BCUT2D eigenvalue weighted by Crippen LogP contribution is -2.24. The molecule has 0 spiro atoms. The highest BCUT2D eigenvalue weighted by atomic mass is 32.1. The molecule has 0 saturated carbocycles. The summed E-state index contributed by atoms with van der Waals surface area (Å²) < 4.78 is 0. The van der Waals surface area contributed by atoms with E-state index in [1.54, 1.807) is 11.3 Å². The Labute approximate surface area is 107 Å². The first-order chi connectivity index (χ1) is 8.26. The van der Waals surface area contributed by atoms with E-state index in [2.05, 4.69) is 34.5 Å². The molecule has 17 heavy (non-hydrogen) atoms. The lowest BCUT2D eigenvalue weighted by molar-refractivity contribution is 0.276. The lowest BCUT2D eigenvalue weighted by Gasteiger charge is -2.19. The number of unbranched alkanes of at least 4 members (excludes halogenated alkanes) is 1. The van der Waals surface area contributed by atoms with Gasteiger partial charge in [0.25, 0.3) is 0 Å². The average Bonchev–Trinajstić information content (AvgIpc) is 2.85. The van der Waals surface area contributed by atoms with E-state index in [4.69, 9.17) is 10.9 Å². The summed E-state index contributed by atoms with van der Waals surface area (Å²) in [6.07, 6.45) is 2.72. The maximum absolute atomic E-state index is 8.41. The van der Waals surface area contributed by atoms with Gasteiger partial charge in [0.2, 0.25) is 0 Å². The summed E-state index contributed by atoms with van der Waals surface area (Å²) in [5.74, 6) is 0.325. The third kappa shape index (κ3) is 5.70. The van der Waals surface area contributed by atoms with Gasteiger partial charge in [-0.2, -0.15) is 0 Å². The first kappa shape index (κ1) is 14.0. The third-order valence-electron chi connectivity index (χ3n) is 2.69. The second kappa shape index (κ2) is 8.08. The molecule has 0 aliphatic heterocycles. The molecule has 3 N–H and O–H groups in total. The Morgan fingerprint density at radius 1 is 1.53 bits per heavy atom. The predicted molar refractivity (Wildman–Crippen MR) is 72.5 cm³/mol. The van der Waals surface area contributed by atoms with Crippen molar-refractivity contribution in [2.24, 2.45) is 10.9 Å². The van der Waals surface area contributed by atoms with Crippen LogP contribution in [0.25, 0.3) is 0 Å². The second-order valence-electron chi connectivity index (χ2n) is 4.00. The Hall–Kier alpha value is -1.07. The van der Waals surface area contributed by atoms with E-state index < -0.39 is 0 Å². The predicted octanol–water partition coefficient (Wildman–Crippen LogP) is 2.49. The Balaban J connectivity index is 2.19. The number of nitrogens with zero attached hydrogens (tertiary/aromatic N) is 2. The molecule has 0 saturated heterocycles. The molecule has 0 bridgehead atoms. The summed E-state index contributed by atoms with van der Waals surface area (Å²) in [4.78, 5) is 3.82. The van der Waals surface area contributed by atoms with Crippen molar-refractivity contribution in [3.63, 3.8) is 0 Å². The van der Waals surface area contributed by atoms with Crippen LogP contribution in [0.4, 0.5) is 0 Å². The molecule has 0 aromatic carbocycles. The lowest BCUT2D eigenvalue weighted by atomic mass is 10.2. The molecule has 1 heterocycles. The molecular formula is C12H21N3OS. The van der Waals surface area contributed by atoms with Gasteiger partial charge in [0.15, 0.2) is 0 Å². The van der Waals surface area contributed by atoms with Crippen molar-refractivity contribution in [1.82, 2.24) is 4.90 Å². The highest BCUT2D eigenvalue weighted by molar-refractivity contribution is 7.09. The van der Waals surface area contributed by atoms with Gasteiger partial charge < -0.3 is 10.9 Å². The van der Waals surface area contributed by atoms with Crippen LogP contribution in [0.2, 0.25) is 0 Å². The zero-order chi connectivity index (χ0) is 12.5. The minimum atomic E-state index is 0.325. The minimum absolute atomic E-state index is 0.325. The summed E-state index contributed by atoms with van der Waals surface area (Å²) in [5.41, 5.74) is 5.42. The number of amidine groups is 1. The standard InChI is InChI=1S/C12H21N3OS/c1-2-15(10-11-6-5-9-17-11)8-4-3-7-12(13)14-16/h5-6,9,16H,2-4,7-8,10H2,1H3,(H2,13,14). The molecule has 0 unspecified atom stereocenters. The van der Waals surface area contributed by atoms with E-state index in [0.717, 1.165) is 32.5 Å². The average molecular weight is 255 g/mol. The number of hydrogen-bond donors (Lipinski definition) is 2. The number of oxime groups is 1. The highest BCUT2D eigenvalue weighted by Gasteiger charge is 2.04. The topological polar surface area (TPSA) is 61.8 Å². The molecule has 1 rings (SSSR count). The third-order valence-corrected chi connectivity index (χ3v) is 3.55. The molecule has 0 atom stereocenters. The maximum Gasteiger partial charge on any atom is 0.139 e. The van der Waals surface area contributed by atoms with Gasteiger partial charge >= 0.3 is 0 Å². The van der Waals surface area contributed by atoms with Crippen LogP contribution >= 0.6 is 11.3 Å². The van der Waals surface area contributed by atoms with Crippen LogP contribution in [0.1, 0.15) is 31.1 Å². The maximum atomic E-state index is 8.41. The summed E-state index contributed by atoms with van der Waals surface area (Å²) in [6.45, 7) is 5.32. The normalized spacial score (nSPS) is 12.2. The summed E-state index contributed by atoms with van der Waals surface area (Å²) in [5, 5.41) is 13.5. The molecule has 1 aromatic heterocycles. The summed E-state index contributed by atoms with van der Waals surface area (Å²) in [7, 11) is 0. The molecule has 5 heteroatoms. The van der Waals surface area contributed by atoms with Crippen molar-refractivity contribution in [3.05, 3.63) is 22.4 Å². The van der Waals surface area contributed by atoms with Crippen LogP contribution < -0.4 is 5.73 Å². The highest BCUT2D eigenvalue weighted by Crippen LogP contribution is 2.12. The SMILES string of the molecule is CCN(CCCCC(N)=NO)Cc1cccs1. The van der Waals surface area contributed by atoms with Crippen molar-refractivity contribution in [3.8, 4) is 0 Å². The molecule has 1 aromatic rings. The Morgan fingerprint density at radius 2 is 2.35 bits per heavy atom. The van der Waals surface area contributed by atoms with Crippen molar-refractivity contribution in [2.75, 3.05) is 13.1 Å². The fourth-order valence-corrected chi connectivity index (χ4v) is 2.41. The fourth-order valence-electron chi connectivity index (χ4n) is 1.66. The van der Waals surface area contributed by atoms with Gasteiger partial charge in [-0.1, -0.05) is 18.1 Å². The first-order valence-electron chi connectivity index (χ1n) is 5.97. The van der Waals surface area contributed by atoms with Gasteiger partial charge in [-0.3, -0.25) is 4.90 Å². The van der Waals surface area contributed by atoms with Gasteiger partial charge in [0.1, 0.15) is 5.84 Å². The number of rotatable bonds is 8. The van der Waals surface area contributed by atoms with Crippen LogP contribution in [0, 0.1) is 0 Å². The van der Waals surface area contributed by atoms with Gasteiger partial charge in [0.05, 0.1) is 0 Å². The van der Waals surface area contributed by atoms with Gasteiger partial charge in [0, 0.05) is 17.8 Å². The largest absolute Gasteiger partial charge is 0.409 e. The first-order valence-corrected chi connectivity index (χ1v) is 6.85. The number of hydrogen-bond acceptors (Lipinski definition) is 4. The Morgan fingerprint density at radius 3 is 2.94 bits per heavy atom. The molecular weight excluding hydrogens is 234 g/mol. The van der Waals surface area contributed by atoms with Gasteiger partial charge in [-0.25, -0.2) is 0 Å². The molecule has 0 radical (unpaired) electrons. The van der Waals surface area contributed by atoms with Crippen LogP contribution in [0.3, 0.4) is 0 Å². The molecule has 0 fully saturated rings. The monoisotopic (exact) mass is 255 g/mol. The quantitative estimate of drug-likeness (QED) is 0.247. The Kier molecular flexibility index (Phi) is 6.65. The zero-order valence-corrected chi connectivity index (χ0v) is 11.1. The number of nitrogens with two attached hydrogens (primary N) is 1. The van der Waals surface area contributed by atoms with Crippen molar-refractivity contribution in [1.29, 1.82) is 0 Å². The van der Waals surface area contributed by atoms with E-state index in [9.17, 15) is 0 Å². The molecule has 96 valence electrons. The zero-order valence-electron chi connectivity index (χ0n) is 10.3. The van der Waals surface area contributed by atoms with Gasteiger partial charge in [-0.15, -0.1) is 11.3 Å². The van der Waals surface area contributed by atoms with E-state index in [1.807, 2.05) is 0 Å². The molecule has 0 aliphatic rings. The van der Waals surface area contributed by atoms with E-state index >= 15 is 0 Å². The Bertz CT molecular complexity index is 325. The van der Waals surface area contributed by atoms with Crippen molar-refractivity contribution in [2.45, 2.75) is 32.7 Å².